The standard InChI is InChI=1S/C9H10N4S2/c10-8-12-13-9(15-8)14-5-3-7-2-1-4-11-6-7/h1-2,4,6H,3,5H2,(H2,10,12). The topological polar surface area (TPSA) is 64.7 Å². The van der Waals surface area contributed by atoms with Crippen molar-refractivity contribution in [1.29, 1.82) is 0 Å². The van der Waals surface area contributed by atoms with E-state index in [2.05, 4.69) is 21.2 Å². The lowest BCUT2D eigenvalue weighted by atomic mass is 10.2. The second kappa shape index (κ2) is 5.09. The molecule has 0 fully saturated rings. The summed E-state index contributed by atoms with van der Waals surface area (Å²) >= 11 is 3.10. The number of nitrogen functional groups attached to an aromatic ring is 1. The Balaban J connectivity index is 1.80. The van der Waals surface area contributed by atoms with Crippen molar-refractivity contribution < 1.29 is 0 Å². The highest BCUT2D eigenvalue weighted by molar-refractivity contribution is 8.01. The molecule has 0 amide bonds. The second-order valence-electron chi connectivity index (χ2n) is 2.87. The van der Waals surface area contributed by atoms with Gasteiger partial charge in [-0.1, -0.05) is 29.2 Å². The summed E-state index contributed by atoms with van der Waals surface area (Å²) in [6, 6.07) is 4.02. The summed E-state index contributed by atoms with van der Waals surface area (Å²) in [6.07, 6.45) is 4.65. The van der Waals surface area contributed by atoms with Gasteiger partial charge in [-0.25, -0.2) is 0 Å². The molecule has 0 aliphatic carbocycles. The highest BCUT2D eigenvalue weighted by Gasteiger charge is 2.01. The summed E-state index contributed by atoms with van der Waals surface area (Å²) in [5.74, 6) is 0.973. The van der Waals surface area contributed by atoms with Crippen LogP contribution in [0.25, 0.3) is 0 Å². The fourth-order valence-corrected chi connectivity index (χ4v) is 2.78. The number of anilines is 1. The van der Waals surface area contributed by atoms with Gasteiger partial charge in [-0.2, -0.15) is 0 Å². The molecular weight excluding hydrogens is 228 g/mol. The molecule has 2 aromatic rings. The quantitative estimate of drug-likeness (QED) is 0.823. The summed E-state index contributed by atoms with van der Waals surface area (Å²) in [6.45, 7) is 0. The molecule has 78 valence electrons. The number of nitrogens with zero attached hydrogens (tertiary/aromatic N) is 3. The largest absolute Gasteiger partial charge is 0.374 e. The Labute approximate surface area is 95.9 Å². The third-order valence-corrected chi connectivity index (χ3v) is 3.65. The molecule has 2 heterocycles. The number of thioether (sulfide) groups is 1. The Hall–Kier alpha value is -1.14. The van der Waals surface area contributed by atoms with Crippen LogP contribution in [0, 0.1) is 0 Å². The molecule has 2 aromatic heterocycles. The molecule has 0 aliphatic rings. The average Bonchev–Trinajstić information content (AvgIpc) is 2.66. The van der Waals surface area contributed by atoms with Gasteiger partial charge in [0.05, 0.1) is 0 Å². The Morgan fingerprint density at radius 3 is 3.00 bits per heavy atom. The van der Waals surface area contributed by atoms with Crippen molar-refractivity contribution in [3.63, 3.8) is 0 Å². The summed E-state index contributed by atoms with van der Waals surface area (Å²) in [5.41, 5.74) is 6.72. The van der Waals surface area contributed by atoms with Gasteiger partial charge in [0.2, 0.25) is 5.13 Å². The van der Waals surface area contributed by atoms with E-state index in [4.69, 9.17) is 5.73 Å². The second-order valence-corrected chi connectivity index (χ2v) is 5.22. The maximum Gasteiger partial charge on any atom is 0.203 e. The van der Waals surface area contributed by atoms with E-state index in [1.54, 1.807) is 18.0 Å². The highest BCUT2D eigenvalue weighted by Crippen LogP contribution is 2.23. The molecule has 2 N–H and O–H groups in total. The summed E-state index contributed by atoms with van der Waals surface area (Å²) in [5, 5.41) is 8.22. The van der Waals surface area contributed by atoms with Gasteiger partial charge in [0.15, 0.2) is 4.34 Å². The van der Waals surface area contributed by atoms with Crippen molar-refractivity contribution in [3.8, 4) is 0 Å². The third-order valence-electron chi connectivity index (χ3n) is 1.76. The molecule has 0 spiro atoms. The number of aryl methyl sites for hydroxylation is 1. The zero-order valence-corrected chi connectivity index (χ0v) is 9.59. The number of aromatic nitrogens is 3. The summed E-state index contributed by atoms with van der Waals surface area (Å²) in [4.78, 5) is 4.06. The molecule has 6 heteroatoms. The molecule has 0 aromatic carbocycles. The SMILES string of the molecule is Nc1nnc(SCCc2cccnc2)s1. The maximum absolute atomic E-state index is 5.48. The van der Waals surface area contributed by atoms with Crippen LogP contribution < -0.4 is 5.73 Å². The third kappa shape index (κ3) is 3.17. The van der Waals surface area contributed by atoms with Crippen molar-refractivity contribution in [2.75, 3.05) is 11.5 Å². The van der Waals surface area contributed by atoms with Crippen molar-refractivity contribution in [2.24, 2.45) is 0 Å². The number of pyridine rings is 1. The van der Waals surface area contributed by atoms with Gasteiger partial charge < -0.3 is 5.73 Å². The Morgan fingerprint density at radius 2 is 2.33 bits per heavy atom. The normalized spacial score (nSPS) is 10.4. The Bertz CT molecular complexity index is 415. The van der Waals surface area contributed by atoms with E-state index in [0.29, 0.717) is 5.13 Å². The van der Waals surface area contributed by atoms with Crippen LogP contribution in [0.1, 0.15) is 5.56 Å². The van der Waals surface area contributed by atoms with E-state index >= 15 is 0 Å². The molecule has 4 nitrogen and oxygen atoms in total. The van der Waals surface area contributed by atoms with Crippen molar-refractivity contribution in [1.82, 2.24) is 15.2 Å². The van der Waals surface area contributed by atoms with Gasteiger partial charge in [-0.05, 0) is 18.1 Å². The molecule has 0 bridgehead atoms. The van der Waals surface area contributed by atoms with Gasteiger partial charge >= 0.3 is 0 Å². The van der Waals surface area contributed by atoms with Gasteiger partial charge in [0.25, 0.3) is 0 Å². The summed E-state index contributed by atoms with van der Waals surface area (Å²) < 4.78 is 0.927. The number of nitrogens with two attached hydrogens (primary N) is 1. The van der Waals surface area contributed by atoms with E-state index in [1.165, 1.54) is 16.9 Å². The number of rotatable bonds is 4. The zero-order valence-electron chi connectivity index (χ0n) is 7.96. The van der Waals surface area contributed by atoms with E-state index in [9.17, 15) is 0 Å². The van der Waals surface area contributed by atoms with Gasteiger partial charge in [0.1, 0.15) is 0 Å². The molecule has 15 heavy (non-hydrogen) atoms. The first-order valence-corrected chi connectivity index (χ1v) is 6.25. The summed E-state index contributed by atoms with van der Waals surface area (Å²) in [7, 11) is 0. The van der Waals surface area contributed by atoms with E-state index in [0.717, 1.165) is 16.5 Å². The minimum absolute atomic E-state index is 0.527. The van der Waals surface area contributed by atoms with Crippen LogP contribution in [0.5, 0.6) is 0 Å². The first kappa shape index (κ1) is 10.4. The average molecular weight is 238 g/mol. The molecule has 0 aliphatic heterocycles. The number of hydrogen-bond donors (Lipinski definition) is 1. The molecular formula is C9H10N4S2. The molecule has 2 rings (SSSR count). The predicted molar refractivity (Wildman–Crippen MR) is 63.0 cm³/mol. The van der Waals surface area contributed by atoms with E-state index < -0.39 is 0 Å². The van der Waals surface area contributed by atoms with Crippen LogP contribution in [-0.4, -0.2) is 20.9 Å². The van der Waals surface area contributed by atoms with E-state index in [-0.39, 0.29) is 0 Å². The number of hydrogen-bond acceptors (Lipinski definition) is 6. The van der Waals surface area contributed by atoms with Crippen molar-refractivity contribution in [3.05, 3.63) is 30.1 Å². The van der Waals surface area contributed by atoms with Gasteiger partial charge in [-0.3, -0.25) is 4.98 Å². The minimum atomic E-state index is 0.527. The lowest BCUT2D eigenvalue weighted by Gasteiger charge is -1.97. The van der Waals surface area contributed by atoms with Crippen LogP contribution in [0.4, 0.5) is 5.13 Å². The Morgan fingerprint density at radius 1 is 1.40 bits per heavy atom. The first-order chi connectivity index (χ1) is 7.34. The maximum atomic E-state index is 5.48. The lowest BCUT2D eigenvalue weighted by molar-refractivity contribution is 1.01. The van der Waals surface area contributed by atoms with Crippen molar-refractivity contribution in [2.45, 2.75) is 10.8 Å². The smallest absolute Gasteiger partial charge is 0.203 e. The van der Waals surface area contributed by atoms with Crippen LogP contribution in [0.2, 0.25) is 0 Å². The monoisotopic (exact) mass is 238 g/mol. The van der Waals surface area contributed by atoms with Crippen molar-refractivity contribution >= 4 is 28.2 Å². The fraction of sp³-hybridized carbons (Fsp3) is 0.222. The lowest BCUT2D eigenvalue weighted by Crippen LogP contribution is -1.88. The van der Waals surface area contributed by atoms with E-state index in [1.807, 2.05) is 12.3 Å². The fourth-order valence-electron chi connectivity index (χ4n) is 1.08. The molecule has 0 unspecified atom stereocenters. The molecule has 0 saturated heterocycles. The zero-order chi connectivity index (χ0) is 10.5. The Kier molecular flexibility index (Phi) is 3.52. The van der Waals surface area contributed by atoms with Crippen LogP contribution in [0.3, 0.4) is 0 Å². The predicted octanol–water partition coefficient (Wildman–Crippen LogP) is 1.85. The molecule has 0 atom stereocenters. The van der Waals surface area contributed by atoms with Gasteiger partial charge in [-0.15, -0.1) is 10.2 Å². The van der Waals surface area contributed by atoms with Crippen LogP contribution in [-0.2, 0) is 6.42 Å². The van der Waals surface area contributed by atoms with Crippen LogP contribution in [0.15, 0.2) is 28.9 Å². The molecule has 0 radical (unpaired) electrons. The highest BCUT2D eigenvalue weighted by atomic mass is 32.2. The minimum Gasteiger partial charge on any atom is -0.374 e. The van der Waals surface area contributed by atoms with Gasteiger partial charge in [0, 0.05) is 18.1 Å². The van der Waals surface area contributed by atoms with Crippen LogP contribution >= 0.6 is 23.1 Å². The molecule has 0 saturated carbocycles. The first-order valence-electron chi connectivity index (χ1n) is 4.45.